The third-order valence-electron chi connectivity index (χ3n) is 4.43. The molecule has 0 aliphatic carbocycles. The van der Waals surface area contributed by atoms with Gasteiger partial charge in [0, 0.05) is 35.5 Å². The Kier molecular flexibility index (Phi) is 5.09. The fourth-order valence-electron chi connectivity index (χ4n) is 2.84. The molecule has 0 N–H and O–H groups in total. The van der Waals surface area contributed by atoms with Crippen molar-refractivity contribution in [1.29, 1.82) is 0 Å². The molecular formula is C20H17ClN6O2. The van der Waals surface area contributed by atoms with Crippen molar-refractivity contribution in [3.8, 4) is 23.0 Å². The third kappa shape index (κ3) is 3.88. The molecule has 0 radical (unpaired) electrons. The highest BCUT2D eigenvalue weighted by atomic mass is 35.5. The Morgan fingerprint density at radius 2 is 1.86 bits per heavy atom. The van der Waals surface area contributed by atoms with Gasteiger partial charge in [0.25, 0.3) is 0 Å². The van der Waals surface area contributed by atoms with Gasteiger partial charge in [-0.2, -0.15) is 14.3 Å². The van der Waals surface area contributed by atoms with Crippen LogP contribution in [0.2, 0.25) is 5.02 Å². The summed E-state index contributed by atoms with van der Waals surface area (Å²) in [5, 5.41) is 8.35. The topological polar surface area (TPSA) is 87.7 Å². The molecule has 0 bridgehead atoms. The summed E-state index contributed by atoms with van der Waals surface area (Å²) in [4.78, 5) is 21.0. The van der Waals surface area contributed by atoms with Crippen LogP contribution in [0.5, 0.6) is 5.88 Å². The molecule has 29 heavy (non-hydrogen) atoms. The van der Waals surface area contributed by atoms with Crippen molar-refractivity contribution in [2.75, 3.05) is 0 Å². The SMILES string of the molecule is Cc1cccc(-n2nnn(C)c2=O)c1COc1ccnc(-c2ccc(Cl)cc2)n1. The number of rotatable bonds is 5. The minimum Gasteiger partial charge on any atom is -0.473 e. The Balaban J connectivity index is 1.62. The Morgan fingerprint density at radius 1 is 1.07 bits per heavy atom. The van der Waals surface area contributed by atoms with Gasteiger partial charge in [-0.05, 0) is 53.2 Å². The van der Waals surface area contributed by atoms with Crippen LogP contribution in [0.4, 0.5) is 0 Å². The molecule has 0 fully saturated rings. The first-order valence-corrected chi connectivity index (χ1v) is 9.20. The molecule has 0 unspecified atom stereocenters. The Morgan fingerprint density at radius 3 is 2.59 bits per heavy atom. The molecule has 0 saturated heterocycles. The first-order chi connectivity index (χ1) is 14.0. The number of ether oxygens (including phenoxy) is 1. The smallest absolute Gasteiger partial charge is 0.368 e. The number of hydrogen-bond donors (Lipinski definition) is 0. The number of hydrogen-bond acceptors (Lipinski definition) is 6. The number of nitrogens with zero attached hydrogens (tertiary/aromatic N) is 6. The van der Waals surface area contributed by atoms with E-state index in [1.165, 1.54) is 9.36 Å². The highest BCUT2D eigenvalue weighted by molar-refractivity contribution is 6.30. The van der Waals surface area contributed by atoms with Gasteiger partial charge in [0.05, 0.1) is 5.69 Å². The number of aryl methyl sites for hydroxylation is 2. The quantitative estimate of drug-likeness (QED) is 0.504. The lowest BCUT2D eigenvalue weighted by atomic mass is 10.1. The number of aromatic nitrogens is 6. The predicted octanol–water partition coefficient (Wildman–Crippen LogP) is 2.96. The van der Waals surface area contributed by atoms with E-state index in [-0.39, 0.29) is 12.3 Å². The van der Waals surface area contributed by atoms with Gasteiger partial charge < -0.3 is 4.74 Å². The van der Waals surface area contributed by atoms with Crippen LogP contribution in [0.15, 0.2) is 59.5 Å². The van der Waals surface area contributed by atoms with Crippen molar-refractivity contribution in [2.45, 2.75) is 13.5 Å². The summed E-state index contributed by atoms with van der Waals surface area (Å²) >= 11 is 5.94. The third-order valence-corrected chi connectivity index (χ3v) is 4.68. The van der Waals surface area contributed by atoms with Crippen molar-refractivity contribution in [1.82, 2.24) is 29.8 Å². The van der Waals surface area contributed by atoms with Crippen molar-refractivity contribution < 1.29 is 4.74 Å². The van der Waals surface area contributed by atoms with E-state index in [4.69, 9.17) is 16.3 Å². The largest absolute Gasteiger partial charge is 0.473 e. The summed E-state index contributed by atoms with van der Waals surface area (Å²) in [6.45, 7) is 2.16. The molecular weight excluding hydrogens is 392 g/mol. The molecule has 146 valence electrons. The van der Waals surface area contributed by atoms with Crippen molar-refractivity contribution >= 4 is 11.6 Å². The monoisotopic (exact) mass is 408 g/mol. The van der Waals surface area contributed by atoms with Gasteiger partial charge in [-0.25, -0.2) is 9.78 Å². The van der Waals surface area contributed by atoms with E-state index in [1.54, 1.807) is 37.5 Å². The van der Waals surface area contributed by atoms with E-state index in [2.05, 4.69) is 20.4 Å². The van der Waals surface area contributed by atoms with Crippen LogP contribution in [0.1, 0.15) is 11.1 Å². The summed E-state index contributed by atoms with van der Waals surface area (Å²) < 4.78 is 8.35. The summed E-state index contributed by atoms with van der Waals surface area (Å²) in [6.07, 6.45) is 1.64. The van der Waals surface area contributed by atoms with Crippen LogP contribution < -0.4 is 10.4 Å². The van der Waals surface area contributed by atoms with E-state index in [0.29, 0.717) is 22.4 Å². The second-order valence-electron chi connectivity index (χ2n) is 6.38. The molecule has 0 aliphatic heterocycles. The van der Waals surface area contributed by atoms with Gasteiger partial charge in [-0.1, -0.05) is 23.7 Å². The minimum absolute atomic E-state index is 0.210. The van der Waals surface area contributed by atoms with Crippen molar-refractivity contribution in [3.05, 3.63) is 81.4 Å². The Labute approximate surface area is 171 Å². The van der Waals surface area contributed by atoms with Crippen molar-refractivity contribution in [3.63, 3.8) is 0 Å². The fraction of sp³-hybridized carbons (Fsp3) is 0.150. The molecule has 2 aromatic carbocycles. The van der Waals surface area contributed by atoms with Crippen LogP contribution in [0.25, 0.3) is 17.1 Å². The van der Waals surface area contributed by atoms with Gasteiger partial charge >= 0.3 is 5.69 Å². The Bertz CT molecular complexity index is 1220. The maximum atomic E-state index is 12.3. The molecule has 0 saturated carbocycles. The lowest BCUT2D eigenvalue weighted by molar-refractivity contribution is 0.292. The van der Waals surface area contributed by atoms with E-state index >= 15 is 0 Å². The van der Waals surface area contributed by atoms with Gasteiger partial charge in [0.2, 0.25) is 5.88 Å². The summed E-state index contributed by atoms with van der Waals surface area (Å²) in [5.41, 5.74) is 2.91. The lowest BCUT2D eigenvalue weighted by Gasteiger charge is -2.12. The van der Waals surface area contributed by atoms with E-state index < -0.39 is 0 Å². The highest BCUT2D eigenvalue weighted by Crippen LogP contribution is 2.22. The van der Waals surface area contributed by atoms with Crippen molar-refractivity contribution in [2.24, 2.45) is 7.05 Å². The second-order valence-corrected chi connectivity index (χ2v) is 6.82. The molecule has 9 heteroatoms. The number of tetrazole rings is 1. The molecule has 2 aromatic heterocycles. The average molecular weight is 409 g/mol. The Hall–Kier alpha value is -3.52. The molecule has 0 spiro atoms. The zero-order valence-electron chi connectivity index (χ0n) is 15.8. The molecule has 0 amide bonds. The van der Waals surface area contributed by atoms with E-state index in [9.17, 15) is 4.79 Å². The van der Waals surface area contributed by atoms with Crippen LogP contribution in [-0.4, -0.2) is 29.8 Å². The summed E-state index contributed by atoms with van der Waals surface area (Å²) in [6, 6.07) is 14.6. The second kappa shape index (κ2) is 7.84. The van der Waals surface area contributed by atoms with Crippen LogP contribution in [0.3, 0.4) is 0 Å². The highest BCUT2D eigenvalue weighted by Gasteiger charge is 2.14. The molecule has 8 nitrogen and oxygen atoms in total. The number of benzene rings is 2. The van der Waals surface area contributed by atoms with Gasteiger partial charge in [-0.3, -0.25) is 0 Å². The van der Waals surface area contributed by atoms with E-state index in [1.807, 2.05) is 31.2 Å². The van der Waals surface area contributed by atoms with Gasteiger partial charge in [-0.15, -0.1) is 0 Å². The maximum absolute atomic E-state index is 12.3. The summed E-state index contributed by atoms with van der Waals surface area (Å²) in [5.74, 6) is 0.958. The van der Waals surface area contributed by atoms with Crippen LogP contribution in [-0.2, 0) is 13.7 Å². The normalized spacial score (nSPS) is 10.9. The zero-order chi connectivity index (χ0) is 20.4. The first kappa shape index (κ1) is 18.8. The van der Waals surface area contributed by atoms with Gasteiger partial charge in [0.15, 0.2) is 5.82 Å². The molecule has 0 aliphatic rings. The standard InChI is InChI=1S/C20H17ClN6O2/c1-13-4-3-5-17(27-20(28)26(2)24-25-27)16(13)12-29-18-10-11-22-19(23-18)14-6-8-15(21)9-7-14/h3-11H,12H2,1-2H3. The molecule has 4 aromatic rings. The zero-order valence-corrected chi connectivity index (χ0v) is 16.5. The molecule has 2 heterocycles. The molecule has 0 atom stereocenters. The predicted molar refractivity (Wildman–Crippen MR) is 108 cm³/mol. The fourth-order valence-corrected chi connectivity index (χ4v) is 2.97. The maximum Gasteiger partial charge on any atom is 0.368 e. The number of halogens is 1. The molecule has 4 rings (SSSR count). The summed E-state index contributed by atoms with van der Waals surface area (Å²) in [7, 11) is 1.55. The first-order valence-electron chi connectivity index (χ1n) is 8.82. The van der Waals surface area contributed by atoms with E-state index in [0.717, 1.165) is 16.7 Å². The van der Waals surface area contributed by atoms with Crippen LogP contribution in [0, 0.1) is 6.92 Å². The minimum atomic E-state index is -0.330. The lowest BCUT2D eigenvalue weighted by Crippen LogP contribution is -2.23. The average Bonchev–Trinajstić information content (AvgIpc) is 3.06. The van der Waals surface area contributed by atoms with Crippen LogP contribution >= 0.6 is 11.6 Å². The van der Waals surface area contributed by atoms with Gasteiger partial charge in [0.1, 0.15) is 6.61 Å².